The van der Waals surface area contributed by atoms with Gasteiger partial charge in [-0.1, -0.05) is 49.6 Å². The summed E-state index contributed by atoms with van der Waals surface area (Å²) >= 11 is 0. The van der Waals surface area contributed by atoms with Crippen molar-refractivity contribution < 1.29 is 38.5 Å². The van der Waals surface area contributed by atoms with E-state index in [9.17, 15) is 9.59 Å². The Morgan fingerprint density at radius 2 is 1.28 bits per heavy atom. The van der Waals surface area contributed by atoms with E-state index < -0.39 is 0 Å². The monoisotopic (exact) mass is 676 g/mol. The molecule has 0 unspecified atom stereocenters. The molecule has 0 atom stereocenters. The van der Waals surface area contributed by atoms with E-state index in [0.717, 1.165) is 44.8 Å². The molecule has 0 radical (unpaired) electrons. The molecule has 2 aliphatic heterocycles. The number of fused-ring (bicyclic) bond motifs is 8. The predicted octanol–water partition coefficient (Wildman–Crippen LogP) is 5.73. The van der Waals surface area contributed by atoms with Gasteiger partial charge in [0.15, 0.2) is 0 Å². The summed E-state index contributed by atoms with van der Waals surface area (Å²) in [4.78, 5) is 49.2. The first-order valence-electron chi connectivity index (χ1n) is 15.0. The molecule has 232 valence electrons. The van der Waals surface area contributed by atoms with Crippen LogP contribution < -0.4 is 9.97 Å². The second kappa shape index (κ2) is 15.0. The summed E-state index contributed by atoms with van der Waals surface area (Å²) in [5.74, 6) is -0.649. The van der Waals surface area contributed by atoms with Crippen LogP contribution in [0.15, 0.2) is 68.3 Å². The average molecular weight is 678 g/mol. The minimum absolute atomic E-state index is 0. The number of hydrogen-bond acceptors (Lipinski definition) is 7. The molecule has 0 saturated heterocycles. The van der Waals surface area contributed by atoms with Gasteiger partial charge in [0.05, 0.1) is 34.8 Å². The van der Waals surface area contributed by atoms with Crippen molar-refractivity contribution in [3.05, 3.63) is 108 Å². The number of ether oxygens (including phenoxy) is 2. The smallest absolute Gasteiger partial charge is 0.657 e. The Kier molecular flexibility index (Phi) is 10.6. The van der Waals surface area contributed by atoms with Crippen LogP contribution in [0.4, 0.5) is 0 Å². The fraction of sp³-hybridized carbons (Fsp3) is 0.194. The van der Waals surface area contributed by atoms with Crippen LogP contribution in [0.5, 0.6) is 0 Å². The largest absolute Gasteiger partial charge is 2.00 e. The quantitative estimate of drug-likeness (QED) is 0.0961. The topological polar surface area (TPSA) is 124 Å². The molecule has 0 N–H and O–H groups in total. The zero-order valence-electron chi connectivity index (χ0n) is 26.2. The van der Waals surface area contributed by atoms with E-state index in [0.29, 0.717) is 35.3 Å². The van der Waals surface area contributed by atoms with Crippen LogP contribution in [0.1, 0.15) is 52.3 Å². The van der Waals surface area contributed by atoms with Gasteiger partial charge in [-0.25, -0.2) is 15.0 Å². The Morgan fingerprint density at radius 1 is 0.766 bits per heavy atom. The molecule has 0 aromatic carbocycles. The third-order valence-corrected chi connectivity index (χ3v) is 7.70. The second-order valence-electron chi connectivity index (χ2n) is 10.7. The maximum absolute atomic E-state index is 12.5. The molecule has 0 saturated carbocycles. The Morgan fingerprint density at radius 3 is 1.85 bits per heavy atom. The van der Waals surface area contributed by atoms with Crippen molar-refractivity contribution in [2.75, 3.05) is 13.2 Å². The SMILES string of the molecule is C=CCOC(=O)CCc1c2nc(c(-n3ccnc3)c3ccc([n-]3)c(CCC(=O)OCC=C)c3nc(c(C)c4ccc1[n-]4)C=C3)C=C2.[Zn+2]. The van der Waals surface area contributed by atoms with Crippen molar-refractivity contribution in [2.24, 2.45) is 0 Å². The van der Waals surface area contributed by atoms with Crippen LogP contribution in [0, 0.1) is 6.92 Å². The van der Waals surface area contributed by atoms with Gasteiger partial charge in [-0.15, -0.1) is 22.1 Å². The summed E-state index contributed by atoms with van der Waals surface area (Å²) < 4.78 is 12.4. The molecule has 0 aliphatic carbocycles. The van der Waals surface area contributed by atoms with Crippen molar-refractivity contribution >= 4 is 58.3 Å². The molecule has 10 nitrogen and oxygen atoms in total. The van der Waals surface area contributed by atoms with Crippen molar-refractivity contribution in [1.82, 2.24) is 29.5 Å². The van der Waals surface area contributed by atoms with E-state index >= 15 is 0 Å². The number of aromatic nitrogens is 6. The van der Waals surface area contributed by atoms with Crippen LogP contribution >= 0.6 is 0 Å². The average Bonchev–Trinajstić information content (AvgIpc) is 3.90. The zero-order valence-corrected chi connectivity index (χ0v) is 29.2. The summed E-state index contributed by atoms with van der Waals surface area (Å²) in [5.41, 5.74) is 8.98. The Balaban J connectivity index is 0.00000433. The standard InChI is InChI=1S/C36H32N6O4.Zn/c1-4-20-45-34(43)16-6-24-28-10-8-26(38-28)23(3)27-9-11-29(39-27)25(7-17-35(44)46-21-5-2)31-13-15-33(41-31)36(42-19-18-37-22-42)32-14-12-30(24)40-32;/h4-5,8-15,18-19,22H,1-2,6-7,16-17,20-21H2,3H3;/q-2;+2. The third-order valence-electron chi connectivity index (χ3n) is 7.70. The third kappa shape index (κ3) is 7.31. The van der Waals surface area contributed by atoms with Gasteiger partial charge < -0.3 is 24.0 Å². The van der Waals surface area contributed by atoms with Gasteiger partial charge in [0.25, 0.3) is 0 Å². The molecule has 6 rings (SSSR count). The van der Waals surface area contributed by atoms with Gasteiger partial charge in [-0.2, -0.15) is 0 Å². The number of carbonyl (C=O) groups is 2. The van der Waals surface area contributed by atoms with E-state index in [1.54, 1.807) is 24.7 Å². The molecule has 47 heavy (non-hydrogen) atoms. The van der Waals surface area contributed by atoms with E-state index in [1.807, 2.05) is 66.3 Å². The van der Waals surface area contributed by atoms with E-state index in [4.69, 9.17) is 29.4 Å². The Bertz CT molecular complexity index is 2030. The number of carbonyl (C=O) groups excluding carboxylic acids is 2. The van der Waals surface area contributed by atoms with E-state index in [1.165, 1.54) is 0 Å². The molecular formula is C36H32N6O4Zn. The molecule has 8 bridgehead atoms. The summed E-state index contributed by atoms with van der Waals surface area (Å²) in [6.07, 6.45) is 17.2. The van der Waals surface area contributed by atoms with E-state index in [-0.39, 0.29) is 57.5 Å². The van der Waals surface area contributed by atoms with Crippen LogP contribution in [-0.4, -0.2) is 44.7 Å². The van der Waals surface area contributed by atoms with Gasteiger partial charge in [0.1, 0.15) is 13.2 Å². The molecule has 6 heterocycles. The molecule has 0 fully saturated rings. The molecular weight excluding hydrogens is 646 g/mol. The molecule has 4 aromatic heterocycles. The fourth-order valence-corrected chi connectivity index (χ4v) is 5.40. The molecule has 2 aliphatic rings. The van der Waals surface area contributed by atoms with E-state index in [2.05, 4.69) is 18.1 Å². The van der Waals surface area contributed by atoms with Crippen LogP contribution in [-0.2, 0) is 51.4 Å². The first kappa shape index (κ1) is 33.2. The van der Waals surface area contributed by atoms with Gasteiger partial charge in [0, 0.05) is 25.2 Å². The first-order chi connectivity index (χ1) is 22.4. The first-order valence-corrected chi connectivity index (χ1v) is 15.0. The molecule has 0 spiro atoms. The van der Waals surface area contributed by atoms with Gasteiger partial charge in [-0.05, 0) is 60.8 Å². The van der Waals surface area contributed by atoms with Crippen LogP contribution in [0.25, 0.3) is 52.1 Å². The summed E-state index contributed by atoms with van der Waals surface area (Å²) in [7, 11) is 0. The minimum atomic E-state index is -0.324. The molecule has 11 heteroatoms. The summed E-state index contributed by atoms with van der Waals surface area (Å²) in [5, 5.41) is 0. The second-order valence-corrected chi connectivity index (χ2v) is 10.7. The number of aryl methyl sites for hydroxylation is 3. The van der Waals surface area contributed by atoms with Crippen molar-refractivity contribution in [2.45, 2.75) is 32.6 Å². The fourth-order valence-electron chi connectivity index (χ4n) is 5.40. The van der Waals surface area contributed by atoms with Crippen molar-refractivity contribution in [3.8, 4) is 5.69 Å². The minimum Gasteiger partial charge on any atom is -0.657 e. The molecule has 0 amide bonds. The van der Waals surface area contributed by atoms with Crippen LogP contribution in [0.3, 0.4) is 0 Å². The van der Waals surface area contributed by atoms with Gasteiger partial charge in [-0.3, -0.25) is 9.59 Å². The maximum atomic E-state index is 12.5. The summed E-state index contributed by atoms with van der Waals surface area (Å²) in [6, 6.07) is 7.75. The van der Waals surface area contributed by atoms with Gasteiger partial charge >= 0.3 is 31.4 Å². The number of hydrogen-bond donors (Lipinski definition) is 0. The number of esters is 2. The maximum Gasteiger partial charge on any atom is 2.00 e. The van der Waals surface area contributed by atoms with Crippen molar-refractivity contribution in [1.29, 1.82) is 0 Å². The Labute approximate surface area is 284 Å². The van der Waals surface area contributed by atoms with Crippen molar-refractivity contribution in [3.63, 3.8) is 0 Å². The zero-order chi connectivity index (χ0) is 32.0. The number of imidazole rings is 1. The normalized spacial score (nSPS) is 11.6. The number of nitrogens with zero attached hydrogens (tertiary/aromatic N) is 6. The summed E-state index contributed by atoms with van der Waals surface area (Å²) in [6.45, 7) is 9.53. The number of rotatable bonds is 11. The predicted molar refractivity (Wildman–Crippen MR) is 178 cm³/mol. The molecule has 4 aromatic rings. The van der Waals surface area contributed by atoms with Gasteiger partial charge in [0.2, 0.25) is 0 Å². The Hall–Kier alpha value is -5.15. The van der Waals surface area contributed by atoms with Crippen LogP contribution in [0.2, 0.25) is 0 Å².